The van der Waals surface area contributed by atoms with E-state index < -0.39 is 0 Å². The van der Waals surface area contributed by atoms with Crippen LogP contribution in [0.25, 0.3) is 0 Å². The summed E-state index contributed by atoms with van der Waals surface area (Å²) in [5, 5.41) is 0. The molecule has 106 valence electrons. The quantitative estimate of drug-likeness (QED) is 0.902. The first kappa shape index (κ1) is 14.5. The normalized spacial score (nSPS) is 25.2. The molecule has 1 saturated heterocycles. The van der Waals surface area contributed by atoms with E-state index in [1.807, 2.05) is 0 Å². The van der Waals surface area contributed by atoms with Crippen molar-refractivity contribution < 1.29 is 0 Å². The van der Waals surface area contributed by atoms with E-state index in [1.165, 1.54) is 12.0 Å². The summed E-state index contributed by atoms with van der Waals surface area (Å²) in [4.78, 5) is 5.00. The molecular weight excluding hydrogens is 234 g/mol. The average molecular weight is 261 g/mol. The number of hydrogen-bond acceptors (Lipinski definition) is 3. The summed E-state index contributed by atoms with van der Waals surface area (Å²) in [5.41, 5.74) is 7.55. The monoisotopic (exact) mass is 261 g/mol. The lowest BCUT2D eigenvalue weighted by Gasteiger charge is -2.38. The summed E-state index contributed by atoms with van der Waals surface area (Å²) in [5.74, 6) is 0. The van der Waals surface area contributed by atoms with Crippen LogP contribution in [0.5, 0.6) is 0 Å². The summed E-state index contributed by atoms with van der Waals surface area (Å²) >= 11 is 0. The molecule has 1 fully saturated rings. The molecule has 1 aliphatic rings. The average Bonchev–Trinajstić information content (AvgIpc) is 2.51. The highest BCUT2D eigenvalue weighted by molar-refractivity contribution is 5.15. The molecule has 0 aliphatic carbocycles. The molecule has 1 unspecified atom stereocenters. The minimum atomic E-state index is 0.230. The van der Waals surface area contributed by atoms with Crippen molar-refractivity contribution in [2.24, 2.45) is 5.73 Å². The Morgan fingerprint density at radius 2 is 1.95 bits per heavy atom. The Bertz CT molecular complexity index is 388. The molecule has 1 atom stereocenters. The molecule has 1 heterocycles. The van der Waals surface area contributed by atoms with Gasteiger partial charge in [0.25, 0.3) is 0 Å². The molecule has 0 radical (unpaired) electrons. The van der Waals surface area contributed by atoms with Gasteiger partial charge in [0.2, 0.25) is 0 Å². The molecule has 2 rings (SSSR count). The summed E-state index contributed by atoms with van der Waals surface area (Å²) < 4.78 is 0. The number of likely N-dealkylation sites (N-methyl/N-ethyl adjacent to an activating group) is 1. The molecule has 3 heteroatoms. The van der Waals surface area contributed by atoms with Crippen LogP contribution in [0.2, 0.25) is 0 Å². The lowest BCUT2D eigenvalue weighted by molar-refractivity contribution is 0.107. The fourth-order valence-electron chi connectivity index (χ4n) is 2.77. The van der Waals surface area contributed by atoms with E-state index in [4.69, 9.17) is 5.73 Å². The molecule has 19 heavy (non-hydrogen) atoms. The Morgan fingerprint density at radius 1 is 1.26 bits per heavy atom. The maximum absolute atomic E-state index is 5.94. The molecule has 0 spiro atoms. The van der Waals surface area contributed by atoms with E-state index >= 15 is 0 Å². The van der Waals surface area contributed by atoms with Gasteiger partial charge in [-0.1, -0.05) is 30.3 Å². The van der Waals surface area contributed by atoms with Crippen molar-refractivity contribution in [3.8, 4) is 0 Å². The zero-order valence-electron chi connectivity index (χ0n) is 12.5. The van der Waals surface area contributed by atoms with Gasteiger partial charge in [0.1, 0.15) is 0 Å². The van der Waals surface area contributed by atoms with Gasteiger partial charge >= 0.3 is 0 Å². The second kappa shape index (κ2) is 6.04. The predicted octanol–water partition coefficient (Wildman–Crippen LogP) is 1.93. The first-order chi connectivity index (χ1) is 9.03. The SMILES string of the molecule is CN1CCC(C)(C)N(Cc2ccccc2)CC1CN. The lowest BCUT2D eigenvalue weighted by atomic mass is 9.97. The van der Waals surface area contributed by atoms with Crippen LogP contribution in [0.1, 0.15) is 25.8 Å². The molecule has 1 aromatic carbocycles. The van der Waals surface area contributed by atoms with E-state index in [9.17, 15) is 0 Å². The number of hydrogen-bond donors (Lipinski definition) is 1. The van der Waals surface area contributed by atoms with Crippen molar-refractivity contribution in [2.75, 3.05) is 26.7 Å². The maximum Gasteiger partial charge on any atom is 0.0342 e. The van der Waals surface area contributed by atoms with Crippen molar-refractivity contribution in [1.82, 2.24) is 9.80 Å². The van der Waals surface area contributed by atoms with E-state index in [2.05, 4.69) is 61.0 Å². The Labute approximate surface area is 117 Å². The molecule has 1 aliphatic heterocycles. The van der Waals surface area contributed by atoms with Gasteiger partial charge in [0, 0.05) is 31.2 Å². The van der Waals surface area contributed by atoms with E-state index in [1.54, 1.807) is 0 Å². The summed E-state index contributed by atoms with van der Waals surface area (Å²) in [6.07, 6.45) is 1.19. The van der Waals surface area contributed by atoms with Crippen molar-refractivity contribution in [2.45, 2.75) is 38.4 Å². The molecular formula is C16H27N3. The summed E-state index contributed by atoms with van der Waals surface area (Å²) in [6, 6.07) is 11.2. The van der Waals surface area contributed by atoms with Crippen LogP contribution in [-0.4, -0.2) is 48.1 Å². The zero-order valence-corrected chi connectivity index (χ0v) is 12.5. The lowest BCUT2D eigenvalue weighted by Crippen LogP contribution is -2.48. The molecule has 2 N–H and O–H groups in total. The van der Waals surface area contributed by atoms with Crippen molar-refractivity contribution in [3.63, 3.8) is 0 Å². The van der Waals surface area contributed by atoms with Crippen LogP contribution in [-0.2, 0) is 6.54 Å². The molecule has 3 nitrogen and oxygen atoms in total. The van der Waals surface area contributed by atoms with Crippen molar-refractivity contribution in [3.05, 3.63) is 35.9 Å². The number of benzene rings is 1. The van der Waals surface area contributed by atoms with Gasteiger partial charge in [0.15, 0.2) is 0 Å². The summed E-state index contributed by atoms with van der Waals surface area (Å²) in [7, 11) is 2.19. The first-order valence-corrected chi connectivity index (χ1v) is 7.22. The van der Waals surface area contributed by atoms with Crippen LogP contribution < -0.4 is 5.73 Å². The Balaban J connectivity index is 2.15. The van der Waals surface area contributed by atoms with Gasteiger partial charge in [0.05, 0.1) is 0 Å². The molecule has 0 saturated carbocycles. The standard InChI is InChI=1S/C16H27N3/c1-16(2)9-10-18(3)15(11-17)13-19(16)12-14-7-5-4-6-8-14/h4-8,15H,9-13,17H2,1-3H3. The van der Waals surface area contributed by atoms with Crippen LogP contribution in [0.4, 0.5) is 0 Å². The van der Waals surface area contributed by atoms with Crippen molar-refractivity contribution >= 4 is 0 Å². The molecule has 0 bridgehead atoms. The van der Waals surface area contributed by atoms with Gasteiger partial charge < -0.3 is 10.6 Å². The van der Waals surface area contributed by atoms with Gasteiger partial charge in [-0.2, -0.15) is 0 Å². The minimum absolute atomic E-state index is 0.230. The van der Waals surface area contributed by atoms with E-state index in [0.717, 1.165) is 26.2 Å². The second-order valence-electron chi connectivity index (χ2n) is 6.30. The van der Waals surface area contributed by atoms with Gasteiger partial charge in [-0.05, 0) is 39.4 Å². The topological polar surface area (TPSA) is 32.5 Å². The third-order valence-electron chi connectivity index (χ3n) is 4.48. The fourth-order valence-corrected chi connectivity index (χ4v) is 2.77. The first-order valence-electron chi connectivity index (χ1n) is 7.22. The fraction of sp³-hybridized carbons (Fsp3) is 0.625. The third kappa shape index (κ3) is 3.56. The molecule has 1 aromatic rings. The highest BCUT2D eigenvalue weighted by atomic mass is 15.3. The largest absolute Gasteiger partial charge is 0.329 e. The number of nitrogens with zero attached hydrogens (tertiary/aromatic N) is 2. The maximum atomic E-state index is 5.94. The van der Waals surface area contributed by atoms with Crippen LogP contribution in [0, 0.1) is 0 Å². The third-order valence-corrected chi connectivity index (χ3v) is 4.48. The highest BCUT2D eigenvalue weighted by Gasteiger charge is 2.33. The van der Waals surface area contributed by atoms with Crippen LogP contribution in [0.15, 0.2) is 30.3 Å². The van der Waals surface area contributed by atoms with Crippen LogP contribution >= 0.6 is 0 Å². The van der Waals surface area contributed by atoms with E-state index in [-0.39, 0.29) is 5.54 Å². The Morgan fingerprint density at radius 3 is 2.58 bits per heavy atom. The number of rotatable bonds is 3. The van der Waals surface area contributed by atoms with Gasteiger partial charge in [-0.3, -0.25) is 4.90 Å². The zero-order chi connectivity index (χ0) is 13.9. The second-order valence-corrected chi connectivity index (χ2v) is 6.30. The molecule has 0 aromatic heterocycles. The van der Waals surface area contributed by atoms with E-state index in [0.29, 0.717) is 6.04 Å². The minimum Gasteiger partial charge on any atom is -0.329 e. The Hall–Kier alpha value is -0.900. The summed E-state index contributed by atoms with van der Waals surface area (Å²) in [6.45, 7) is 8.62. The van der Waals surface area contributed by atoms with Gasteiger partial charge in [-0.25, -0.2) is 0 Å². The van der Waals surface area contributed by atoms with Gasteiger partial charge in [-0.15, -0.1) is 0 Å². The smallest absolute Gasteiger partial charge is 0.0342 e. The number of nitrogens with two attached hydrogens (primary N) is 1. The predicted molar refractivity (Wildman–Crippen MR) is 81.0 cm³/mol. The Kier molecular flexibility index (Phi) is 4.61. The van der Waals surface area contributed by atoms with Crippen molar-refractivity contribution in [1.29, 1.82) is 0 Å². The highest BCUT2D eigenvalue weighted by Crippen LogP contribution is 2.26. The van der Waals surface area contributed by atoms with Crippen LogP contribution in [0.3, 0.4) is 0 Å². The molecule has 0 amide bonds.